The van der Waals surface area contributed by atoms with E-state index < -0.39 is 0 Å². The summed E-state index contributed by atoms with van der Waals surface area (Å²) in [5.74, 6) is 10.7. The van der Waals surface area contributed by atoms with Gasteiger partial charge in [-0.2, -0.15) is 10.2 Å². The van der Waals surface area contributed by atoms with Crippen LogP contribution in [0.15, 0.2) is 49.4 Å². The highest BCUT2D eigenvalue weighted by Gasteiger charge is 2.22. The molecule has 45 heavy (non-hydrogen) atoms. The van der Waals surface area contributed by atoms with Gasteiger partial charge < -0.3 is 23.8 Å². The van der Waals surface area contributed by atoms with Crippen LogP contribution in [0.2, 0.25) is 0 Å². The summed E-state index contributed by atoms with van der Waals surface area (Å²) in [6, 6.07) is 7.47. The Morgan fingerprint density at radius 2 is 1.67 bits per heavy atom. The normalized spacial score (nSPS) is 15.3. The molecule has 5 aromatic rings. The molecule has 234 valence electrons. The third kappa shape index (κ3) is 7.11. The van der Waals surface area contributed by atoms with E-state index in [0.29, 0.717) is 47.0 Å². The number of ether oxygens (including phenoxy) is 1. The fourth-order valence-electron chi connectivity index (χ4n) is 4.70. The Bertz CT molecular complexity index is 1820. The number of nitrogen functional groups attached to an aromatic ring is 1. The molecule has 1 atom stereocenters. The Morgan fingerprint density at radius 1 is 0.978 bits per heavy atom. The molecule has 0 amide bonds. The number of nitrogens with two attached hydrogens (primary N) is 1. The minimum atomic E-state index is -0.104. The van der Waals surface area contributed by atoms with Crippen molar-refractivity contribution in [2.24, 2.45) is 15.9 Å². The molecular weight excluding hydrogens is 578 g/mol. The molecule has 2 aliphatic rings. The lowest BCUT2D eigenvalue weighted by Crippen LogP contribution is -2.19. The van der Waals surface area contributed by atoms with Crippen molar-refractivity contribution >= 4 is 41.4 Å². The molecule has 1 saturated heterocycles. The van der Waals surface area contributed by atoms with Gasteiger partial charge in [0.1, 0.15) is 17.8 Å². The summed E-state index contributed by atoms with van der Waals surface area (Å²) in [5, 5.41) is 9.19. The molecule has 7 heterocycles. The molecule has 15 heteroatoms. The van der Waals surface area contributed by atoms with E-state index in [0.717, 1.165) is 60.3 Å². The summed E-state index contributed by atoms with van der Waals surface area (Å²) in [6.07, 6.45) is 8.90. The number of fused-ring (bicyclic) bond motifs is 2. The number of anilines is 2. The van der Waals surface area contributed by atoms with Gasteiger partial charge in [0, 0.05) is 19.0 Å². The van der Waals surface area contributed by atoms with Gasteiger partial charge in [0.25, 0.3) is 0 Å². The Kier molecular flexibility index (Phi) is 10.0. The Morgan fingerprint density at radius 3 is 2.27 bits per heavy atom. The number of hydrazine groups is 1. The Labute approximate surface area is 259 Å². The average molecular weight is 614 g/mol. The van der Waals surface area contributed by atoms with Gasteiger partial charge in [-0.25, -0.2) is 30.5 Å². The van der Waals surface area contributed by atoms with Gasteiger partial charge in [-0.05, 0) is 71.2 Å². The number of aromatic nitrogens is 6. The lowest BCUT2D eigenvalue weighted by atomic mass is 10.2. The Balaban J connectivity index is 0.000000166. The van der Waals surface area contributed by atoms with Crippen LogP contribution in [0.3, 0.4) is 0 Å². The summed E-state index contributed by atoms with van der Waals surface area (Å²) in [6.45, 7) is 8.35. The summed E-state index contributed by atoms with van der Waals surface area (Å²) in [5.41, 5.74) is 7.97. The topological polar surface area (TPSA) is 197 Å². The average Bonchev–Trinajstić information content (AvgIpc) is 3.87. The SMILES string of the molecule is C/C=N/Nc1nc(-c2ccc(C)o2)nc2c1C=NC2.CC=O.Cc1ccc(-c2nc(NN)c3cnn(C4CCCCO4)c3n2)o1. The first-order valence-electron chi connectivity index (χ1n) is 14.5. The molecule has 1 unspecified atom stereocenters. The minimum Gasteiger partial charge on any atom is -0.458 e. The second kappa shape index (κ2) is 14.5. The zero-order valence-corrected chi connectivity index (χ0v) is 25.5. The maximum atomic E-state index is 8.81. The molecule has 5 aromatic heterocycles. The molecule has 4 N–H and O–H groups in total. The van der Waals surface area contributed by atoms with E-state index in [1.807, 2.05) is 45.0 Å². The first-order chi connectivity index (χ1) is 21.9. The van der Waals surface area contributed by atoms with Crippen molar-refractivity contribution < 1.29 is 18.4 Å². The van der Waals surface area contributed by atoms with E-state index in [2.05, 4.69) is 46.0 Å². The number of aliphatic imine (C=N–C) groups is 1. The van der Waals surface area contributed by atoms with E-state index in [1.165, 1.54) is 6.92 Å². The molecule has 1 fully saturated rings. The molecule has 7 rings (SSSR count). The first-order valence-corrected chi connectivity index (χ1v) is 14.5. The van der Waals surface area contributed by atoms with Crippen LogP contribution in [0.25, 0.3) is 34.2 Å². The molecule has 15 nitrogen and oxygen atoms in total. The third-order valence-electron chi connectivity index (χ3n) is 6.73. The van der Waals surface area contributed by atoms with Crippen molar-refractivity contribution in [1.29, 1.82) is 0 Å². The number of aryl methyl sites for hydroxylation is 2. The fraction of sp³-hybridized carbons (Fsp3) is 0.333. The summed E-state index contributed by atoms with van der Waals surface area (Å²) in [4.78, 5) is 31.0. The van der Waals surface area contributed by atoms with E-state index in [-0.39, 0.29) is 6.23 Å². The van der Waals surface area contributed by atoms with E-state index in [9.17, 15) is 0 Å². The van der Waals surface area contributed by atoms with Crippen LogP contribution in [0.4, 0.5) is 11.6 Å². The number of hydrazone groups is 1. The van der Waals surface area contributed by atoms with E-state index in [4.69, 9.17) is 24.2 Å². The number of hydrogen-bond acceptors (Lipinski definition) is 14. The smallest absolute Gasteiger partial charge is 0.199 e. The van der Waals surface area contributed by atoms with Gasteiger partial charge in [-0.15, -0.1) is 0 Å². The van der Waals surface area contributed by atoms with Crippen LogP contribution in [0, 0.1) is 13.8 Å². The monoisotopic (exact) mass is 613 g/mol. The number of furan rings is 2. The maximum Gasteiger partial charge on any atom is 0.199 e. The predicted molar refractivity (Wildman–Crippen MR) is 170 cm³/mol. The highest BCUT2D eigenvalue weighted by Crippen LogP contribution is 2.30. The molecule has 2 aliphatic heterocycles. The van der Waals surface area contributed by atoms with Crippen LogP contribution in [0.1, 0.15) is 62.1 Å². The van der Waals surface area contributed by atoms with E-state index >= 15 is 0 Å². The van der Waals surface area contributed by atoms with Crippen molar-refractivity contribution in [3.05, 3.63) is 53.2 Å². The fourth-order valence-corrected chi connectivity index (χ4v) is 4.70. The highest BCUT2D eigenvalue weighted by atomic mass is 16.5. The largest absolute Gasteiger partial charge is 0.458 e. The molecule has 0 saturated carbocycles. The van der Waals surface area contributed by atoms with Gasteiger partial charge >= 0.3 is 0 Å². The quantitative estimate of drug-likeness (QED) is 0.101. The van der Waals surface area contributed by atoms with Gasteiger partial charge in [0.05, 0.1) is 29.4 Å². The summed E-state index contributed by atoms with van der Waals surface area (Å²) < 4.78 is 18.8. The number of hydrogen-bond donors (Lipinski definition) is 3. The molecule has 0 spiro atoms. The van der Waals surface area contributed by atoms with Crippen LogP contribution in [0.5, 0.6) is 0 Å². The minimum absolute atomic E-state index is 0.104. The zero-order valence-electron chi connectivity index (χ0n) is 25.5. The Hall–Kier alpha value is -5.28. The molecule has 0 aromatic carbocycles. The van der Waals surface area contributed by atoms with Crippen LogP contribution < -0.4 is 16.7 Å². The van der Waals surface area contributed by atoms with E-state index in [1.54, 1.807) is 23.3 Å². The van der Waals surface area contributed by atoms with Gasteiger partial charge in [0.2, 0.25) is 0 Å². The first kappa shape index (κ1) is 31.2. The van der Waals surface area contributed by atoms with Crippen molar-refractivity contribution in [3.8, 4) is 23.2 Å². The van der Waals surface area contributed by atoms with Crippen LogP contribution in [-0.4, -0.2) is 55.0 Å². The lowest BCUT2D eigenvalue weighted by molar-refractivity contribution is -0.106. The van der Waals surface area contributed by atoms with Crippen LogP contribution >= 0.6 is 0 Å². The number of nitrogens with zero attached hydrogens (tertiary/aromatic N) is 8. The van der Waals surface area contributed by atoms with Crippen molar-refractivity contribution in [1.82, 2.24) is 29.7 Å². The second-order valence-corrected chi connectivity index (χ2v) is 9.97. The number of carbonyl (C=O) groups is 1. The van der Waals surface area contributed by atoms with Gasteiger partial charge in [-0.1, -0.05) is 0 Å². The zero-order chi connectivity index (χ0) is 31.8. The summed E-state index contributed by atoms with van der Waals surface area (Å²) in [7, 11) is 0. The number of nitrogens with one attached hydrogen (secondary N) is 2. The number of aldehydes is 1. The van der Waals surface area contributed by atoms with Crippen molar-refractivity contribution in [2.75, 3.05) is 17.5 Å². The maximum absolute atomic E-state index is 8.81. The van der Waals surface area contributed by atoms with Crippen molar-refractivity contribution in [2.45, 2.75) is 59.7 Å². The molecule has 0 aliphatic carbocycles. The molecule has 0 bridgehead atoms. The van der Waals surface area contributed by atoms with Gasteiger partial charge in [0.15, 0.2) is 46.7 Å². The highest BCUT2D eigenvalue weighted by molar-refractivity contribution is 5.90. The standard InChI is InChI=1S/C15H18N6O2.C13H13N5O.C2H4O/c1-9-5-6-11(23-9)14-18-13(20-16)10-8-17-21(15(10)19-14)12-4-2-3-7-22-12;1-3-15-18-12-9-6-14-7-10(9)16-13(17-12)11-5-4-8(2)19-11;1-2-3/h5-6,8,12H,2-4,7,16H2,1H3,(H,18,19,20);3-6H,7H2,1-2H3,(H,16,17,18);2H,1H3/b;15-3+;. The lowest BCUT2D eigenvalue weighted by Gasteiger charge is -2.23. The molecule has 0 radical (unpaired) electrons. The van der Waals surface area contributed by atoms with Crippen LogP contribution in [-0.2, 0) is 16.1 Å². The number of rotatable bonds is 6. The van der Waals surface area contributed by atoms with Gasteiger partial charge in [-0.3, -0.25) is 10.4 Å². The molecular formula is C30H35N11O4. The summed E-state index contributed by atoms with van der Waals surface area (Å²) >= 11 is 0. The third-order valence-corrected chi connectivity index (χ3v) is 6.73. The second-order valence-electron chi connectivity index (χ2n) is 9.97. The number of carbonyl (C=O) groups excluding carboxylic acids is 1. The van der Waals surface area contributed by atoms with Crippen molar-refractivity contribution in [3.63, 3.8) is 0 Å². The predicted octanol–water partition coefficient (Wildman–Crippen LogP) is 4.98.